The number of amides is 1. The summed E-state index contributed by atoms with van der Waals surface area (Å²) in [6.45, 7) is 0.0838. The molecule has 0 aromatic heterocycles. The molecule has 1 saturated carbocycles. The number of aliphatic hydroxyl groups is 1. The van der Waals surface area contributed by atoms with Gasteiger partial charge in [-0.2, -0.15) is 4.39 Å². The fourth-order valence-corrected chi connectivity index (χ4v) is 2.67. The van der Waals surface area contributed by atoms with Crippen molar-refractivity contribution in [2.24, 2.45) is 5.92 Å². The summed E-state index contributed by atoms with van der Waals surface area (Å²) >= 11 is 0. The van der Waals surface area contributed by atoms with Crippen molar-refractivity contribution in [1.82, 2.24) is 4.90 Å². The van der Waals surface area contributed by atoms with Crippen molar-refractivity contribution in [3.63, 3.8) is 0 Å². The summed E-state index contributed by atoms with van der Waals surface area (Å²) in [6, 6.07) is 1.07. The number of carbonyl (C=O) groups excluding carboxylic acids is 1. The highest BCUT2D eigenvalue weighted by Gasteiger charge is 2.53. The molecule has 0 radical (unpaired) electrons. The number of nitro groups is 1. The molecule has 0 bridgehead atoms. The van der Waals surface area contributed by atoms with E-state index < -0.39 is 39.3 Å². The molecule has 1 N–H and O–H groups in total. The van der Waals surface area contributed by atoms with E-state index in [0.29, 0.717) is 12.1 Å². The van der Waals surface area contributed by atoms with Gasteiger partial charge in [0.05, 0.1) is 29.6 Å². The molecule has 1 aliphatic carbocycles. The molecular weight excluding hydrogens is 286 g/mol. The third-order valence-corrected chi connectivity index (χ3v) is 4.00. The van der Waals surface area contributed by atoms with Gasteiger partial charge in [-0.15, -0.1) is 0 Å². The molecule has 1 saturated heterocycles. The maximum absolute atomic E-state index is 13.9. The fourth-order valence-electron chi connectivity index (χ4n) is 2.67. The summed E-state index contributed by atoms with van der Waals surface area (Å²) in [5, 5.41) is 20.7. The average Bonchev–Trinajstić information content (AvgIpc) is 3.20. The Bertz CT molecular complexity index is 639. The number of nitrogens with zero attached hydrogens (tertiary/aromatic N) is 2. The number of benzene rings is 1. The van der Waals surface area contributed by atoms with Crippen molar-refractivity contribution >= 4 is 11.6 Å². The van der Waals surface area contributed by atoms with Crippen molar-refractivity contribution in [2.45, 2.75) is 18.4 Å². The minimum atomic E-state index is -1.35. The van der Waals surface area contributed by atoms with Gasteiger partial charge in [0.25, 0.3) is 5.91 Å². The topological polar surface area (TPSA) is 83.7 Å². The number of hydrogen-bond donors (Lipinski definition) is 1. The predicted octanol–water partition coefficient (Wildman–Crippen LogP) is 1.47. The Balaban J connectivity index is 1.84. The van der Waals surface area contributed by atoms with Crippen LogP contribution < -0.4 is 0 Å². The van der Waals surface area contributed by atoms with E-state index in [1.165, 1.54) is 4.90 Å². The smallest absolute Gasteiger partial charge is 0.308 e. The maximum atomic E-state index is 13.9. The van der Waals surface area contributed by atoms with Crippen molar-refractivity contribution in [3.8, 4) is 0 Å². The predicted molar refractivity (Wildman–Crippen MR) is 66.6 cm³/mol. The van der Waals surface area contributed by atoms with Gasteiger partial charge in [-0.3, -0.25) is 14.9 Å². The van der Waals surface area contributed by atoms with E-state index in [1.54, 1.807) is 0 Å². The number of halogens is 2. The van der Waals surface area contributed by atoms with E-state index in [-0.39, 0.29) is 19.0 Å². The summed E-state index contributed by atoms with van der Waals surface area (Å²) < 4.78 is 27.2. The van der Waals surface area contributed by atoms with Crippen LogP contribution in [0.5, 0.6) is 0 Å². The van der Waals surface area contributed by atoms with Gasteiger partial charge in [-0.05, 0) is 24.8 Å². The molecule has 21 heavy (non-hydrogen) atoms. The van der Waals surface area contributed by atoms with E-state index >= 15 is 0 Å². The van der Waals surface area contributed by atoms with Crippen LogP contribution in [0, 0.1) is 27.7 Å². The van der Waals surface area contributed by atoms with Crippen LogP contribution in [0.1, 0.15) is 23.2 Å². The van der Waals surface area contributed by atoms with Gasteiger partial charge in [0.15, 0.2) is 0 Å². The number of rotatable bonds is 3. The molecule has 0 unspecified atom stereocenters. The Labute approximate surface area is 118 Å². The standard InChI is InChI=1S/C13H12F2N2O4/c14-8-3-9(11(15)10(4-8)17(20)21)12(18)16-5-13(19,6-16)7-1-2-7/h3-4,7,19H,1-2,5-6H2. The van der Waals surface area contributed by atoms with E-state index in [4.69, 9.17) is 0 Å². The highest BCUT2D eigenvalue weighted by atomic mass is 19.1. The average molecular weight is 298 g/mol. The lowest BCUT2D eigenvalue weighted by Gasteiger charge is -2.47. The molecule has 6 nitrogen and oxygen atoms in total. The second kappa shape index (κ2) is 4.45. The van der Waals surface area contributed by atoms with Crippen molar-refractivity contribution in [1.29, 1.82) is 0 Å². The quantitative estimate of drug-likeness (QED) is 0.676. The third kappa shape index (κ3) is 2.25. The zero-order valence-corrected chi connectivity index (χ0v) is 10.9. The van der Waals surface area contributed by atoms with Crippen molar-refractivity contribution < 1.29 is 23.6 Å². The molecule has 3 rings (SSSR count). The Morgan fingerprint density at radius 2 is 2.00 bits per heavy atom. The molecule has 0 atom stereocenters. The highest BCUT2D eigenvalue weighted by Crippen LogP contribution is 2.44. The van der Waals surface area contributed by atoms with Crippen molar-refractivity contribution in [2.75, 3.05) is 13.1 Å². The molecular formula is C13H12F2N2O4. The Kier molecular flexibility index (Phi) is 2.94. The first-order valence-electron chi connectivity index (χ1n) is 6.47. The zero-order chi connectivity index (χ0) is 15.4. The molecule has 1 heterocycles. The number of hydrogen-bond acceptors (Lipinski definition) is 4. The first-order chi connectivity index (χ1) is 9.82. The number of carbonyl (C=O) groups is 1. The van der Waals surface area contributed by atoms with E-state index in [2.05, 4.69) is 0 Å². The summed E-state index contributed by atoms with van der Waals surface area (Å²) in [6.07, 6.45) is 1.77. The van der Waals surface area contributed by atoms with Crippen LogP contribution in [0.15, 0.2) is 12.1 Å². The lowest BCUT2D eigenvalue weighted by molar-refractivity contribution is -0.387. The SMILES string of the molecule is O=C(c1cc(F)cc([N+](=O)[O-])c1F)N1CC(O)(C2CC2)C1. The Morgan fingerprint density at radius 1 is 1.38 bits per heavy atom. The van der Waals surface area contributed by atoms with E-state index in [9.17, 15) is 28.8 Å². The van der Waals surface area contributed by atoms with Crippen LogP contribution in [0.3, 0.4) is 0 Å². The summed E-state index contributed by atoms with van der Waals surface area (Å²) in [5.74, 6) is -3.11. The van der Waals surface area contributed by atoms with Crippen molar-refractivity contribution in [3.05, 3.63) is 39.4 Å². The van der Waals surface area contributed by atoms with Crippen LogP contribution in [0.2, 0.25) is 0 Å². The molecule has 112 valence electrons. The second-order valence-electron chi connectivity index (χ2n) is 5.58. The zero-order valence-electron chi connectivity index (χ0n) is 10.9. The first kappa shape index (κ1) is 13.9. The van der Waals surface area contributed by atoms with Crippen LogP contribution in [-0.2, 0) is 0 Å². The summed E-state index contributed by atoms with van der Waals surface area (Å²) in [7, 11) is 0. The van der Waals surface area contributed by atoms with Gasteiger partial charge >= 0.3 is 5.69 Å². The van der Waals surface area contributed by atoms with E-state index in [0.717, 1.165) is 12.8 Å². The van der Waals surface area contributed by atoms with Crippen LogP contribution in [0.25, 0.3) is 0 Å². The largest absolute Gasteiger partial charge is 0.386 e. The Morgan fingerprint density at radius 3 is 2.52 bits per heavy atom. The molecule has 1 aromatic rings. The molecule has 1 aliphatic heterocycles. The minimum Gasteiger partial charge on any atom is -0.386 e. The third-order valence-electron chi connectivity index (χ3n) is 4.00. The molecule has 8 heteroatoms. The summed E-state index contributed by atoms with van der Waals surface area (Å²) in [5.41, 5.74) is -2.71. The van der Waals surface area contributed by atoms with Gasteiger partial charge in [-0.1, -0.05) is 0 Å². The first-order valence-corrected chi connectivity index (χ1v) is 6.47. The molecule has 1 amide bonds. The maximum Gasteiger partial charge on any atom is 0.308 e. The Hall–Kier alpha value is -2.09. The van der Waals surface area contributed by atoms with Crippen LogP contribution in [-0.4, -0.2) is 39.5 Å². The number of nitro benzene ring substituents is 1. The number of likely N-dealkylation sites (tertiary alicyclic amines) is 1. The number of β-amino-alcohol motifs (C(OH)–C–C–N with tert-alkyl or cyclic N) is 1. The lowest BCUT2D eigenvalue weighted by atomic mass is 9.88. The molecule has 1 aromatic carbocycles. The van der Waals surface area contributed by atoms with E-state index in [1.807, 2.05) is 0 Å². The fraction of sp³-hybridized carbons (Fsp3) is 0.462. The molecule has 2 aliphatic rings. The normalized spacial score (nSPS) is 20.0. The highest BCUT2D eigenvalue weighted by molar-refractivity contribution is 5.96. The van der Waals surface area contributed by atoms with Crippen LogP contribution in [0.4, 0.5) is 14.5 Å². The van der Waals surface area contributed by atoms with Gasteiger partial charge in [0, 0.05) is 0 Å². The lowest BCUT2D eigenvalue weighted by Crippen LogP contribution is -2.64. The van der Waals surface area contributed by atoms with Gasteiger partial charge in [-0.25, -0.2) is 4.39 Å². The van der Waals surface area contributed by atoms with Gasteiger partial charge in [0.2, 0.25) is 5.82 Å². The summed E-state index contributed by atoms with van der Waals surface area (Å²) in [4.78, 5) is 22.8. The van der Waals surface area contributed by atoms with Gasteiger partial charge in [0.1, 0.15) is 11.4 Å². The molecule has 2 fully saturated rings. The van der Waals surface area contributed by atoms with Crippen LogP contribution >= 0.6 is 0 Å². The second-order valence-corrected chi connectivity index (χ2v) is 5.58. The van der Waals surface area contributed by atoms with Gasteiger partial charge < -0.3 is 10.0 Å². The monoisotopic (exact) mass is 298 g/mol. The minimum absolute atomic E-state index is 0.0419. The molecule has 0 spiro atoms.